The number of hydrogen-bond donors (Lipinski definition) is 1. The second kappa shape index (κ2) is 8.89. The summed E-state index contributed by atoms with van der Waals surface area (Å²) in [5, 5.41) is 2.83. The first-order valence-corrected chi connectivity index (χ1v) is 7.89. The summed E-state index contributed by atoms with van der Waals surface area (Å²) in [6.07, 6.45) is 0. The first-order chi connectivity index (χ1) is 12.1. The van der Waals surface area contributed by atoms with Crippen LogP contribution in [0, 0.1) is 0 Å². The summed E-state index contributed by atoms with van der Waals surface area (Å²) < 4.78 is 15.3. The van der Waals surface area contributed by atoms with Crippen molar-refractivity contribution in [1.29, 1.82) is 0 Å². The number of rotatable bonds is 8. The molecule has 0 aliphatic carbocycles. The van der Waals surface area contributed by atoms with E-state index >= 15 is 0 Å². The van der Waals surface area contributed by atoms with Crippen LogP contribution in [0.4, 0.5) is 5.69 Å². The summed E-state index contributed by atoms with van der Waals surface area (Å²) in [5.74, 6) is 0.654. The monoisotopic (exact) mass is 346 g/mol. The molecule has 7 heteroatoms. The SMILES string of the molecule is CCN(CC(=O)Nc1ccccc1OC)Cc1ccc(C(=O)OC)o1. The van der Waals surface area contributed by atoms with Gasteiger partial charge >= 0.3 is 5.97 Å². The van der Waals surface area contributed by atoms with E-state index in [1.54, 1.807) is 31.4 Å². The molecule has 2 aromatic rings. The molecular weight excluding hydrogens is 324 g/mol. The van der Waals surface area contributed by atoms with E-state index in [1.165, 1.54) is 7.11 Å². The highest BCUT2D eigenvalue weighted by molar-refractivity contribution is 5.93. The molecule has 0 aliphatic heterocycles. The largest absolute Gasteiger partial charge is 0.495 e. The van der Waals surface area contributed by atoms with Crippen molar-refractivity contribution in [3.63, 3.8) is 0 Å². The van der Waals surface area contributed by atoms with E-state index in [1.807, 2.05) is 24.0 Å². The summed E-state index contributed by atoms with van der Waals surface area (Å²) in [6.45, 7) is 3.18. The Morgan fingerprint density at radius 2 is 1.92 bits per heavy atom. The highest BCUT2D eigenvalue weighted by atomic mass is 16.5. The van der Waals surface area contributed by atoms with Crippen molar-refractivity contribution in [3.8, 4) is 5.75 Å². The Balaban J connectivity index is 1.95. The summed E-state index contributed by atoms with van der Waals surface area (Å²) in [6, 6.07) is 10.5. The Bertz CT molecular complexity index is 726. The molecule has 0 fully saturated rings. The van der Waals surface area contributed by atoms with Crippen LogP contribution < -0.4 is 10.1 Å². The predicted octanol–water partition coefficient (Wildman–Crippen LogP) is 2.54. The number of anilines is 1. The number of carbonyl (C=O) groups excluding carboxylic acids is 2. The van der Waals surface area contributed by atoms with Crippen LogP contribution in [0.2, 0.25) is 0 Å². The lowest BCUT2D eigenvalue weighted by Gasteiger charge is -2.19. The second-order valence-corrected chi connectivity index (χ2v) is 5.31. The van der Waals surface area contributed by atoms with Gasteiger partial charge in [-0.1, -0.05) is 19.1 Å². The van der Waals surface area contributed by atoms with Crippen LogP contribution >= 0.6 is 0 Å². The van der Waals surface area contributed by atoms with E-state index in [2.05, 4.69) is 10.1 Å². The topological polar surface area (TPSA) is 81.0 Å². The molecule has 134 valence electrons. The van der Waals surface area contributed by atoms with E-state index < -0.39 is 5.97 Å². The van der Waals surface area contributed by atoms with Crippen molar-refractivity contribution in [1.82, 2.24) is 4.90 Å². The molecule has 2 rings (SSSR count). The molecule has 25 heavy (non-hydrogen) atoms. The van der Waals surface area contributed by atoms with Gasteiger partial charge in [-0.15, -0.1) is 0 Å². The standard InChI is InChI=1S/C18H22N2O5/c1-4-20(11-13-9-10-16(25-13)18(22)24-3)12-17(21)19-14-7-5-6-8-15(14)23-2/h5-10H,4,11-12H2,1-3H3,(H,19,21). The first-order valence-electron chi connectivity index (χ1n) is 7.89. The summed E-state index contributed by atoms with van der Waals surface area (Å²) in [4.78, 5) is 25.6. The molecule has 1 N–H and O–H groups in total. The lowest BCUT2D eigenvalue weighted by Crippen LogP contribution is -2.32. The van der Waals surface area contributed by atoms with E-state index in [4.69, 9.17) is 9.15 Å². The minimum Gasteiger partial charge on any atom is -0.495 e. The van der Waals surface area contributed by atoms with Gasteiger partial charge in [-0.25, -0.2) is 4.79 Å². The Hall–Kier alpha value is -2.80. The van der Waals surface area contributed by atoms with Gasteiger partial charge in [0.05, 0.1) is 33.0 Å². The smallest absolute Gasteiger partial charge is 0.373 e. The fraction of sp³-hybridized carbons (Fsp3) is 0.333. The number of nitrogens with zero attached hydrogens (tertiary/aromatic N) is 1. The maximum Gasteiger partial charge on any atom is 0.373 e. The lowest BCUT2D eigenvalue weighted by atomic mass is 10.3. The molecule has 0 spiro atoms. The summed E-state index contributed by atoms with van der Waals surface area (Å²) in [7, 11) is 2.85. The highest BCUT2D eigenvalue weighted by Gasteiger charge is 2.15. The van der Waals surface area contributed by atoms with Crippen LogP contribution in [0.5, 0.6) is 5.75 Å². The number of para-hydroxylation sites is 2. The average Bonchev–Trinajstić information content (AvgIpc) is 3.09. The third-order valence-electron chi connectivity index (χ3n) is 3.62. The van der Waals surface area contributed by atoms with Crippen LogP contribution in [0.1, 0.15) is 23.2 Å². The van der Waals surface area contributed by atoms with Crippen molar-refractivity contribution < 1.29 is 23.5 Å². The van der Waals surface area contributed by atoms with E-state index in [9.17, 15) is 9.59 Å². The Labute approximate surface area is 146 Å². The lowest BCUT2D eigenvalue weighted by molar-refractivity contribution is -0.117. The van der Waals surface area contributed by atoms with Crippen LogP contribution in [-0.4, -0.2) is 44.1 Å². The third kappa shape index (κ3) is 5.09. The number of benzene rings is 1. The van der Waals surface area contributed by atoms with E-state index in [0.717, 1.165) is 0 Å². The molecule has 1 aromatic heterocycles. The van der Waals surface area contributed by atoms with E-state index in [0.29, 0.717) is 30.3 Å². The van der Waals surface area contributed by atoms with Crippen molar-refractivity contribution in [2.45, 2.75) is 13.5 Å². The summed E-state index contributed by atoms with van der Waals surface area (Å²) in [5.41, 5.74) is 0.622. The fourth-order valence-electron chi connectivity index (χ4n) is 2.31. The van der Waals surface area contributed by atoms with Gasteiger partial charge in [0.25, 0.3) is 0 Å². The molecule has 0 unspecified atom stereocenters. The molecule has 0 aliphatic rings. The van der Waals surface area contributed by atoms with Gasteiger partial charge in [0.2, 0.25) is 11.7 Å². The van der Waals surface area contributed by atoms with Crippen LogP contribution in [0.3, 0.4) is 0 Å². The van der Waals surface area contributed by atoms with E-state index in [-0.39, 0.29) is 18.2 Å². The molecule has 0 radical (unpaired) electrons. The van der Waals surface area contributed by atoms with Gasteiger partial charge in [-0.3, -0.25) is 9.69 Å². The number of hydrogen-bond acceptors (Lipinski definition) is 6. The number of methoxy groups -OCH3 is 2. The quantitative estimate of drug-likeness (QED) is 0.740. The molecule has 0 saturated heterocycles. The molecule has 1 heterocycles. The normalized spacial score (nSPS) is 10.6. The number of amides is 1. The highest BCUT2D eigenvalue weighted by Crippen LogP contribution is 2.23. The van der Waals surface area contributed by atoms with Gasteiger partial charge in [-0.05, 0) is 30.8 Å². The number of esters is 1. The molecule has 0 atom stereocenters. The molecule has 1 aromatic carbocycles. The first kappa shape index (κ1) is 18.5. The zero-order chi connectivity index (χ0) is 18.2. The Morgan fingerprint density at radius 1 is 1.16 bits per heavy atom. The Kier molecular flexibility index (Phi) is 6.59. The van der Waals surface area contributed by atoms with Gasteiger partial charge in [0.1, 0.15) is 11.5 Å². The molecular formula is C18H22N2O5. The van der Waals surface area contributed by atoms with Gasteiger partial charge in [-0.2, -0.15) is 0 Å². The number of ether oxygens (including phenoxy) is 2. The molecule has 7 nitrogen and oxygen atoms in total. The number of nitrogens with one attached hydrogen (secondary N) is 1. The van der Waals surface area contributed by atoms with Crippen LogP contribution in [0.15, 0.2) is 40.8 Å². The van der Waals surface area contributed by atoms with Crippen molar-refractivity contribution >= 4 is 17.6 Å². The third-order valence-corrected chi connectivity index (χ3v) is 3.62. The van der Waals surface area contributed by atoms with Crippen molar-refractivity contribution in [2.24, 2.45) is 0 Å². The predicted molar refractivity (Wildman–Crippen MR) is 92.6 cm³/mol. The Morgan fingerprint density at radius 3 is 2.60 bits per heavy atom. The maximum atomic E-state index is 12.3. The van der Waals surface area contributed by atoms with Crippen LogP contribution in [0.25, 0.3) is 0 Å². The summed E-state index contributed by atoms with van der Waals surface area (Å²) >= 11 is 0. The second-order valence-electron chi connectivity index (χ2n) is 5.31. The number of furan rings is 1. The fourth-order valence-corrected chi connectivity index (χ4v) is 2.31. The number of likely N-dealkylation sites (N-methyl/N-ethyl adjacent to an activating group) is 1. The van der Waals surface area contributed by atoms with Crippen molar-refractivity contribution in [2.75, 3.05) is 32.6 Å². The van der Waals surface area contributed by atoms with Crippen LogP contribution in [-0.2, 0) is 16.1 Å². The zero-order valence-corrected chi connectivity index (χ0v) is 14.6. The maximum absolute atomic E-state index is 12.3. The van der Waals surface area contributed by atoms with Gasteiger partial charge in [0.15, 0.2) is 0 Å². The average molecular weight is 346 g/mol. The minimum absolute atomic E-state index is 0.145. The zero-order valence-electron chi connectivity index (χ0n) is 14.6. The minimum atomic E-state index is -0.525. The number of carbonyl (C=O) groups is 2. The van der Waals surface area contributed by atoms with Crippen molar-refractivity contribution in [3.05, 3.63) is 47.9 Å². The molecule has 1 amide bonds. The molecule has 0 saturated carbocycles. The molecule has 0 bridgehead atoms. The van der Waals surface area contributed by atoms with Gasteiger partial charge in [0, 0.05) is 0 Å². The van der Waals surface area contributed by atoms with Gasteiger partial charge < -0.3 is 19.2 Å².